The van der Waals surface area contributed by atoms with Crippen molar-refractivity contribution in [1.29, 1.82) is 0 Å². The monoisotopic (exact) mass is 304 g/mol. The van der Waals surface area contributed by atoms with Gasteiger partial charge >= 0.3 is 0 Å². The number of aryl methyl sites for hydroxylation is 2. The van der Waals surface area contributed by atoms with Crippen LogP contribution >= 0.6 is 0 Å². The summed E-state index contributed by atoms with van der Waals surface area (Å²) in [7, 11) is -3.63. The number of rotatable bonds is 4. The van der Waals surface area contributed by atoms with Crippen molar-refractivity contribution < 1.29 is 8.42 Å². The Kier molecular flexibility index (Phi) is 4.34. The minimum Gasteiger partial charge on any atom is -0.398 e. The van der Waals surface area contributed by atoms with E-state index in [1.165, 1.54) is 0 Å². The molecule has 0 aromatic heterocycles. The van der Waals surface area contributed by atoms with Gasteiger partial charge < -0.3 is 5.73 Å². The van der Waals surface area contributed by atoms with Crippen LogP contribution in [0.5, 0.6) is 0 Å². The molecule has 0 saturated carbocycles. The van der Waals surface area contributed by atoms with E-state index in [0.717, 1.165) is 16.7 Å². The van der Waals surface area contributed by atoms with E-state index in [9.17, 15) is 8.42 Å². The Morgan fingerprint density at radius 3 is 2.48 bits per heavy atom. The predicted molar refractivity (Wildman–Crippen MR) is 85.5 cm³/mol. The van der Waals surface area contributed by atoms with Crippen LogP contribution in [-0.4, -0.2) is 8.42 Å². The van der Waals surface area contributed by atoms with Crippen molar-refractivity contribution in [2.45, 2.75) is 32.2 Å². The lowest BCUT2D eigenvalue weighted by molar-refractivity contribution is 0.581. The standard InChI is InChI=1S/C16H20N2O2S/c1-11-5-4-6-14(9-11)10-18-21(19,20)16-13(3)12(2)7-8-15(16)17/h4-9,18H,10,17H2,1-3H3. The molecule has 21 heavy (non-hydrogen) atoms. The summed E-state index contributed by atoms with van der Waals surface area (Å²) >= 11 is 0. The molecule has 0 atom stereocenters. The van der Waals surface area contributed by atoms with E-state index in [0.29, 0.717) is 5.56 Å². The van der Waals surface area contributed by atoms with Gasteiger partial charge in [-0.15, -0.1) is 0 Å². The molecular weight excluding hydrogens is 284 g/mol. The van der Waals surface area contributed by atoms with Gasteiger partial charge in [0.15, 0.2) is 0 Å². The molecule has 5 heteroatoms. The largest absolute Gasteiger partial charge is 0.398 e. The lowest BCUT2D eigenvalue weighted by Gasteiger charge is -2.13. The Bertz CT molecular complexity index is 768. The molecule has 3 N–H and O–H groups in total. The highest BCUT2D eigenvalue weighted by Gasteiger charge is 2.20. The van der Waals surface area contributed by atoms with E-state index < -0.39 is 10.0 Å². The number of hydrogen-bond acceptors (Lipinski definition) is 3. The third-order valence-electron chi connectivity index (χ3n) is 3.52. The Morgan fingerprint density at radius 2 is 1.81 bits per heavy atom. The fourth-order valence-corrected chi connectivity index (χ4v) is 3.68. The molecule has 0 aliphatic rings. The smallest absolute Gasteiger partial charge is 0.243 e. The molecule has 0 fully saturated rings. The van der Waals surface area contributed by atoms with Gasteiger partial charge in [-0.3, -0.25) is 0 Å². The van der Waals surface area contributed by atoms with E-state index in [1.807, 2.05) is 44.2 Å². The minimum atomic E-state index is -3.63. The molecule has 0 amide bonds. The minimum absolute atomic E-state index is 0.176. The Labute approximate surface area is 126 Å². The topological polar surface area (TPSA) is 72.2 Å². The summed E-state index contributed by atoms with van der Waals surface area (Å²) < 4.78 is 27.6. The number of nitrogens with one attached hydrogen (secondary N) is 1. The molecule has 0 radical (unpaired) electrons. The highest BCUT2D eigenvalue weighted by Crippen LogP contribution is 2.25. The van der Waals surface area contributed by atoms with E-state index in [2.05, 4.69) is 4.72 Å². The normalized spacial score (nSPS) is 11.6. The Morgan fingerprint density at radius 1 is 1.10 bits per heavy atom. The summed E-state index contributed by atoms with van der Waals surface area (Å²) in [5.74, 6) is 0. The maximum absolute atomic E-state index is 12.5. The van der Waals surface area contributed by atoms with Gasteiger partial charge in [-0.05, 0) is 43.5 Å². The first-order valence-electron chi connectivity index (χ1n) is 6.72. The van der Waals surface area contributed by atoms with Crippen LogP contribution in [0.25, 0.3) is 0 Å². The molecular formula is C16H20N2O2S. The Hall–Kier alpha value is -1.85. The molecule has 0 saturated heterocycles. The van der Waals surface area contributed by atoms with Gasteiger partial charge in [0.05, 0.1) is 5.69 Å². The van der Waals surface area contributed by atoms with Crippen molar-refractivity contribution in [3.05, 3.63) is 58.7 Å². The lowest BCUT2D eigenvalue weighted by atomic mass is 10.1. The highest BCUT2D eigenvalue weighted by atomic mass is 32.2. The second-order valence-electron chi connectivity index (χ2n) is 5.24. The molecule has 112 valence electrons. The van der Waals surface area contributed by atoms with Gasteiger partial charge in [-0.2, -0.15) is 0 Å². The molecule has 4 nitrogen and oxygen atoms in total. The summed E-state index contributed by atoms with van der Waals surface area (Å²) in [5.41, 5.74) is 9.73. The van der Waals surface area contributed by atoms with Gasteiger partial charge in [0.25, 0.3) is 0 Å². The predicted octanol–water partition coefficient (Wildman–Crippen LogP) is 2.67. The summed E-state index contributed by atoms with van der Waals surface area (Å²) in [6.07, 6.45) is 0. The maximum atomic E-state index is 12.5. The van der Waals surface area contributed by atoms with Crippen molar-refractivity contribution in [1.82, 2.24) is 4.72 Å². The summed E-state index contributed by atoms with van der Waals surface area (Å²) in [4.78, 5) is 0.176. The molecule has 0 aliphatic heterocycles. The van der Waals surface area contributed by atoms with Gasteiger partial charge in [0.2, 0.25) is 10.0 Å². The molecule has 2 aromatic carbocycles. The van der Waals surface area contributed by atoms with E-state index >= 15 is 0 Å². The summed E-state index contributed by atoms with van der Waals surface area (Å²) in [6, 6.07) is 11.2. The van der Waals surface area contributed by atoms with Crippen LogP contribution in [0, 0.1) is 20.8 Å². The SMILES string of the molecule is Cc1cccc(CNS(=O)(=O)c2c(N)ccc(C)c2C)c1. The third-order valence-corrected chi connectivity index (χ3v) is 5.13. The number of sulfonamides is 1. The van der Waals surface area contributed by atoms with Crippen LogP contribution in [0.1, 0.15) is 22.3 Å². The lowest BCUT2D eigenvalue weighted by Crippen LogP contribution is -2.25. The molecule has 2 rings (SSSR count). The summed E-state index contributed by atoms with van der Waals surface area (Å²) in [6.45, 7) is 5.86. The molecule has 0 aliphatic carbocycles. The van der Waals surface area contributed by atoms with E-state index in [-0.39, 0.29) is 17.1 Å². The average molecular weight is 304 g/mol. The van der Waals surface area contributed by atoms with Crippen LogP contribution in [0.3, 0.4) is 0 Å². The molecule has 2 aromatic rings. The van der Waals surface area contributed by atoms with Crippen LogP contribution in [-0.2, 0) is 16.6 Å². The van der Waals surface area contributed by atoms with Gasteiger partial charge in [0, 0.05) is 6.54 Å². The van der Waals surface area contributed by atoms with Gasteiger partial charge in [-0.1, -0.05) is 35.9 Å². The molecule has 0 bridgehead atoms. The van der Waals surface area contributed by atoms with Crippen LogP contribution < -0.4 is 10.5 Å². The van der Waals surface area contributed by atoms with Gasteiger partial charge in [0.1, 0.15) is 4.90 Å². The molecule has 0 unspecified atom stereocenters. The first-order chi connectivity index (χ1) is 9.81. The van der Waals surface area contributed by atoms with Crippen molar-refractivity contribution in [3.63, 3.8) is 0 Å². The first kappa shape index (κ1) is 15.5. The van der Waals surface area contributed by atoms with E-state index in [4.69, 9.17) is 5.73 Å². The average Bonchev–Trinajstić information content (AvgIpc) is 2.41. The van der Waals surface area contributed by atoms with Gasteiger partial charge in [-0.25, -0.2) is 13.1 Å². The number of nitrogens with two attached hydrogens (primary N) is 1. The quantitative estimate of drug-likeness (QED) is 0.853. The number of nitrogen functional groups attached to an aromatic ring is 1. The van der Waals surface area contributed by atoms with Crippen LogP contribution in [0.4, 0.5) is 5.69 Å². The first-order valence-corrected chi connectivity index (χ1v) is 8.20. The highest BCUT2D eigenvalue weighted by molar-refractivity contribution is 7.89. The summed E-state index contributed by atoms with van der Waals surface area (Å²) in [5, 5.41) is 0. The maximum Gasteiger partial charge on any atom is 0.243 e. The number of anilines is 1. The van der Waals surface area contributed by atoms with Crippen molar-refractivity contribution in [2.24, 2.45) is 0 Å². The second-order valence-corrected chi connectivity index (χ2v) is 6.94. The number of hydrogen-bond donors (Lipinski definition) is 2. The molecule has 0 heterocycles. The number of benzene rings is 2. The van der Waals surface area contributed by atoms with Crippen LogP contribution in [0.15, 0.2) is 41.3 Å². The zero-order valence-electron chi connectivity index (χ0n) is 12.5. The van der Waals surface area contributed by atoms with Crippen molar-refractivity contribution in [3.8, 4) is 0 Å². The second kappa shape index (κ2) is 5.87. The zero-order chi connectivity index (χ0) is 15.6. The molecule has 0 spiro atoms. The fourth-order valence-electron chi connectivity index (χ4n) is 2.24. The Balaban J connectivity index is 2.29. The zero-order valence-corrected chi connectivity index (χ0v) is 13.3. The fraction of sp³-hybridized carbons (Fsp3) is 0.250. The van der Waals surface area contributed by atoms with E-state index in [1.54, 1.807) is 13.0 Å². The third kappa shape index (κ3) is 3.43. The van der Waals surface area contributed by atoms with Crippen molar-refractivity contribution >= 4 is 15.7 Å². The van der Waals surface area contributed by atoms with Crippen LogP contribution in [0.2, 0.25) is 0 Å². The van der Waals surface area contributed by atoms with Crippen molar-refractivity contribution in [2.75, 3.05) is 5.73 Å².